The van der Waals surface area contributed by atoms with Crippen molar-refractivity contribution in [3.8, 4) is 0 Å². The van der Waals surface area contributed by atoms with Gasteiger partial charge in [0, 0.05) is 18.6 Å². The molecule has 1 aliphatic heterocycles. The first kappa shape index (κ1) is 12.2. The number of likely N-dealkylation sites (tertiary alicyclic amines) is 1. The van der Waals surface area contributed by atoms with Gasteiger partial charge in [0.1, 0.15) is 0 Å². The molecule has 0 bridgehead atoms. The summed E-state index contributed by atoms with van der Waals surface area (Å²) in [6.07, 6.45) is 0.856. The Morgan fingerprint density at radius 2 is 1.94 bits per heavy atom. The van der Waals surface area contributed by atoms with E-state index in [-0.39, 0.29) is 11.7 Å². The third-order valence-corrected chi connectivity index (χ3v) is 3.28. The van der Waals surface area contributed by atoms with Crippen molar-refractivity contribution in [2.24, 2.45) is 0 Å². The number of likely N-dealkylation sites (N-methyl/N-ethyl adjacent to an activating group) is 1. The molecule has 1 aromatic rings. The highest BCUT2D eigenvalue weighted by molar-refractivity contribution is 5.46. The summed E-state index contributed by atoms with van der Waals surface area (Å²) >= 11 is 0. The maximum Gasteiger partial charge on any atom is 0.196 e. The second-order valence-corrected chi connectivity index (χ2v) is 4.59. The summed E-state index contributed by atoms with van der Waals surface area (Å²) in [6, 6.07) is 2.63. The minimum Gasteiger partial charge on any atom is -0.379 e. The van der Waals surface area contributed by atoms with E-state index in [1.165, 1.54) is 6.07 Å². The standard InChI is InChI=1S/C12H15F3N2/c1-7-5-8(6-17(7)2)16-10-4-3-9(13)11(14)12(10)15/h3-4,7-8,16H,5-6H2,1-2H3. The number of hydrogen-bond acceptors (Lipinski definition) is 2. The predicted octanol–water partition coefficient (Wildman–Crippen LogP) is 2.61. The van der Waals surface area contributed by atoms with Gasteiger partial charge in [0.15, 0.2) is 17.5 Å². The number of nitrogens with one attached hydrogen (secondary N) is 1. The lowest BCUT2D eigenvalue weighted by Gasteiger charge is -2.15. The molecule has 2 atom stereocenters. The van der Waals surface area contributed by atoms with Crippen molar-refractivity contribution in [2.75, 3.05) is 18.9 Å². The highest BCUT2D eigenvalue weighted by atomic mass is 19.2. The molecule has 0 aliphatic carbocycles. The van der Waals surface area contributed by atoms with E-state index in [2.05, 4.69) is 17.1 Å². The minimum absolute atomic E-state index is 0.0244. The molecule has 1 aliphatic rings. The van der Waals surface area contributed by atoms with Gasteiger partial charge in [0.25, 0.3) is 0 Å². The SMILES string of the molecule is CC1CC(Nc2ccc(F)c(F)c2F)CN1C. The van der Waals surface area contributed by atoms with Gasteiger partial charge in [-0.15, -0.1) is 0 Å². The summed E-state index contributed by atoms with van der Waals surface area (Å²) < 4.78 is 39.2. The molecule has 0 saturated carbocycles. The quantitative estimate of drug-likeness (QED) is 0.804. The van der Waals surface area contributed by atoms with Gasteiger partial charge in [-0.2, -0.15) is 0 Å². The van der Waals surface area contributed by atoms with Gasteiger partial charge in [-0.1, -0.05) is 0 Å². The zero-order valence-corrected chi connectivity index (χ0v) is 9.80. The fourth-order valence-electron chi connectivity index (χ4n) is 2.16. The number of hydrogen-bond donors (Lipinski definition) is 1. The second-order valence-electron chi connectivity index (χ2n) is 4.59. The van der Waals surface area contributed by atoms with Crippen LogP contribution in [0.1, 0.15) is 13.3 Å². The number of rotatable bonds is 2. The molecule has 5 heteroatoms. The third-order valence-electron chi connectivity index (χ3n) is 3.28. The van der Waals surface area contributed by atoms with Crippen LogP contribution in [-0.4, -0.2) is 30.6 Å². The Morgan fingerprint density at radius 1 is 1.24 bits per heavy atom. The van der Waals surface area contributed by atoms with Crippen molar-refractivity contribution < 1.29 is 13.2 Å². The second kappa shape index (κ2) is 4.56. The predicted molar refractivity (Wildman–Crippen MR) is 60.4 cm³/mol. The fraction of sp³-hybridized carbons (Fsp3) is 0.500. The van der Waals surface area contributed by atoms with Crippen LogP contribution in [0.3, 0.4) is 0 Å². The van der Waals surface area contributed by atoms with Crippen LogP contribution in [0.15, 0.2) is 12.1 Å². The highest BCUT2D eigenvalue weighted by Gasteiger charge is 2.27. The molecule has 94 valence electrons. The normalized spacial score (nSPS) is 25.2. The van der Waals surface area contributed by atoms with Gasteiger partial charge in [0.05, 0.1) is 5.69 Å². The molecular weight excluding hydrogens is 229 g/mol. The van der Waals surface area contributed by atoms with E-state index in [1.807, 2.05) is 7.05 Å². The Labute approximate surface area is 98.4 Å². The Balaban J connectivity index is 2.12. The largest absolute Gasteiger partial charge is 0.379 e. The van der Waals surface area contributed by atoms with E-state index in [0.717, 1.165) is 19.0 Å². The van der Waals surface area contributed by atoms with Crippen molar-refractivity contribution in [3.05, 3.63) is 29.6 Å². The Hall–Kier alpha value is -1.23. The molecule has 17 heavy (non-hydrogen) atoms. The molecule has 2 unspecified atom stereocenters. The number of anilines is 1. The van der Waals surface area contributed by atoms with Crippen molar-refractivity contribution in [2.45, 2.75) is 25.4 Å². The van der Waals surface area contributed by atoms with Crippen LogP contribution in [0.4, 0.5) is 18.9 Å². The van der Waals surface area contributed by atoms with Crippen LogP contribution < -0.4 is 5.32 Å². The van der Waals surface area contributed by atoms with E-state index in [0.29, 0.717) is 6.04 Å². The molecule has 1 heterocycles. The Bertz CT molecular complexity index is 412. The number of nitrogens with zero attached hydrogens (tertiary/aromatic N) is 1. The highest BCUT2D eigenvalue weighted by Crippen LogP contribution is 2.24. The first-order chi connectivity index (χ1) is 7.99. The zero-order chi connectivity index (χ0) is 12.6. The van der Waals surface area contributed by atoms with Crippen molar-refractivity contribution >= 4 is 5.69 Å². The summed E-state index contributed by atoms with van der Waals surface area (Å²) in [6.45, 7) is 2.84. The summed E-state index contributed by atoms with van der Waals surface area (Å²) in [4.78, 5) is 2.13. The van der Waals surface area contributed by atoms with Crippen LogP contribution in [0.2, 0.25) is 0 Å². The molecule has 2 rings (SSSR count). The fourth-order valence-corrected chi connectivity index (χ4v) is 2.16. The first-order valence-corrected chi connectivity index (χ1v) is 5.59. The maximum atomic E-state index is 13.4. The smallest absolute Gasteiger partial charge is 0.196 e. The lowest BCUT2D eigenvalue weighted by molar-refractivity contribution is 0.330. The molecule has 0 spiro atoms. The van der Waals surface area contributed by atoms with Gasteiger partial charge in [-0.25, -0.2) is 13.2 Å². The van der Waals surface area contributed by atoms with Gasteiger partial charge in [0.2, 0.25) is 0 Å². The molecule has 0 radical (unpaired) electrons. The molecule has 1 N–H and O–H groups in total. The third kappa shape index (κ3) is 2.39. The van der Waals surface area contributed by atoms with Gasteiger partial charge in [-0.05, 0) is 32.5 Å². The van der Waals surface area contributed by atoms with Crippen LogP contribution in [0.5, 0.6) is 0 Å². The molecular formula is C12H15F3N2. The molecule has 0 amide bonds. The minimum atomic E-state index is -1.42. The van der Waals surface area contributed by atoms with Crippen LogP contribution in [0, 0.1) is 17.5 Å². The van der Waals surface area contributed by atoms with Crippen molar-refractivity contribution in [1.82, 2.24) is 4.90 Å². The monoisotopic (exact) mass is 244 g/mol. The van der Waals surface area contributed by atoms with E-state index < -0.39 is 17.5 Å². The van der Waals surface area contributed by atoms with E-state index in [9.17, 15) is 13.2 Å². The lowest BCUT2D eigenvalue weighted by Crippen LogP contribution is -2.25. The Morgan fingerprint density at radius 3 is 2.53 bits per heavy atom. The van der Waals surface area contributed by atoms with Gasteiger partial charge in [-0.3, -0.25) is 0 Å². The molecule has 1 fully saturated rings. The number of benzene rings is 1. The molecule has 2 nitrogen and oxygen atoms in total. The molecule has 1 saturated heterocycles. The average Bonchev–Trinajstić information content (AvgIpc) is 2.59. The summed E-state index contributed by atoms with van der Waals surface area (Å²) in [5.41, 5.74) is 0.0244. The summed E-state index contributed by atoms with van der Waals surface area (Å²) in [5.74, 6) is -3.73. The molecule has 0 aromatic heterocycles. The van der Waals surface area contributed by atoms with Crippen LogP contribution in [-0.2, 0) is 0 Å². The first-order valence-electron chi connectivity index (χ1n) is 5.59. The lowest BCUT2D eigenvalue weighted by atomic mass is 10.2. The van der Waals surface area contributed by atoms with E-state index in [1.54, 1.807) is 0 Å². The van der Waals surface area contributed by atoms with Gasteiger partial charge >= 0.3 is 0 Å². The molecule has 1 aromatic carbocycles. The van der Waals surface area contributed by atoms with Crippen molar-refractivity contribution in [3.63, 3.8) is 0 Å². The van der Waals surface area contributed by atoms with Crippen LogP contribution >= 0.6 is 0 Å². The van der Waals surface area contributed by atoms with Crippen LogP contribution in [0.25, 0.3) is 0 Å². The average molecular weight is 244 g/mol. The Kier molecular flexibility index (Phi) is 3.28. The summed E-state index contributed by atoms with van der Waals surface area (Å²) in [5, 5.41) is 2.91. The van der Waals surface area contributed by atoms with Crippen molar-refractivity contribution in [1.29, 1.82) is 0 Å². The topological polar surface area (TPSA) is 15.3 Å². The zero-order valence-electron chi connectivity index (χ0n) is 9.80. The van der Waals surface area contributed by atoms with Gasteiger partial charge < -0.3 is 10.2 Å². The summed E-state index contributed by atoms with van der Waals surface area (Å²) in [7, 11) is 1.98. The van der Waals surface area contributed by atoms with E-state index >= 15 is 0 Å². The number of halogens is 3. The van der Waals surface area contributed by atoms with E-state index in [4.69, 9.17) is 0 Å². The maximum absolute atomic E-state index is 13.4.